The van der Waals surface area contributed by atoms with Gasteiger partial charge in [0.2, 0.25) is 5.91 Å². The van der Waals surface area contributed by atoms with Gasteiger partial charge >= 0.3 is 6.18 Å². The van der Waals surface area contributed by atoms with Gasteiger partial charge in [0.1, 0.15) is 0 Å². The summed E-state index contributed by atoms with van der Waals surface area (Å²) in [6.45, 7) is 3.56. The Bertz CT molecular complexity index is 348. The Kier molecular flexibility index (Phi) is 6.50. The Hall–Kier alpha value is -0.820. The number of carbonyl (C=O) groups excluding carboxylic acids is 1. The van der Waals surface area contributed by atoms with Crippen molar-refractivity contribution in [1.29, 1.82) is 0 Å². The zero-order valence-electron chi connectivity index (χ0n) is 13.0. The van der Waals surface area contributed by atoms with E-state index in [0.717, 1.165) is 19.6 Å². The molecule has 1 N–H and O–H groups in total. The Morgan fingerprint density at radius 2 is 1.64 bits per heavy atom. The van der Waals surface area contributed by atoms with E-state index in [1.54, 1.807) is 0 Å². The van der Waals surface area contributed by atoms with E-state index in [9.17, 15) is 18.0 Å². The molecule has 128 valence electrons. The Morgan fingerprint density at radius 1 is 1.00 bits per heavy atom. The molecule has 0 bridgehead atoms. The van der Waals surface area contributed by atoms with E-state index in [1.165, 1.54) is 24.2 Å². The first-order valence-electron chi connectivity index (χ1n) is 8.23. The SMILES string of the molecule is O=C(NCCN1CCCCC1)C1CCN(CC(F)(F)F)CC1. The molecule has 0 atom stereocenters. The maximum Gasteiger partial charge on any atom is 0.401 e. The first kappa shape index (κ1) is 17.5. The molecule has 0 aromatic heterocycles. The smallest absolute Gasteiger partial charge is 0.355 e. The molecule has 0 radical (unpaired) electrons. The average Bonchev–Trinajstić information content (AvgIpc) is 2.47. The summed E-state index contributed by atoms with van der Waals surface area (Å²) in [7, 11) is 0. The quantitative estimate of drug-likeness (QED) is 0.840. The summed E-state index contributed by atoms with van der Waals surface area (Å²) in [4.78, 5) is 15.8. The van der Waals surface area contributed by atoms with Gasteiger partial charge in [-0.3, -0.25) is 9.69 Å². The predicted octanol–water partition coefficient (Wildman–Crippen LogP) is 1.86. The minimum atomic E-state index is -4.15. The van der Waals surface area contributed by atoms with Crippen molar-refractivity contribution in [2.45, 2.75) is 38.3 Å². The lowest BCUT2D eigenvalue weighted by atomic mass is 9.96. The number of nitrogens with one attached hydrogen (secondary N) is 1. The van der Waals surface area contributed by atoms with Gasteiger partial charge in [-0.05, 0) is 51.9 Å². The van der Waals surface area contributed by atoms with Crippen molar-refractivity contribution < 1.29 is 18.0 Å². The molecule has 2 heterocycles. The van der Waals surface area contributed by atoms with Crippen LogP contribution in [0.15, 0.2) is 0 Å². The van der Waals surface area contributed by atoms with Crippen molar-refractivity contribution in [2.75, 3.05) is 45.8 Å². The van der Waals surface area contributed by atoms with Gasteiger partial charge in [-0.15, -0.1) is 0 Å². The van der Waals surface area contributed by atoms with Crippen LogP contribution in [0, 0.1) is 5.92 Å². The molecule has 0 aromatic rings. The number of likely N-dealkylation sites (tertiary alicyclic amines) is 2. The highest BCUT2D eigenvalue weighted by molar-refractivity contribution is 5.78. The molecule has 1 amide bonds. The van der Waals surface area contributed by atoms with Gasteiger partial charge in [0.25, 0.3) is 0 Å². The summed E-state index contributed by atoms with van der Waals surface area (Å²) in [5.41, 5.74) is 0. The van der Waals surface area contributed by atoms with Crippen LogP contribution in [0.3, 0.4) is 0 Å². The van der Waals surface area contributed by atoms with Gasteiger partial charge < -0.3 is 10.2 Å². The lowest BCUT2D eigenvalue weighted by Crippen LogP contribution is -2.45. The van der Waals surface area contributed by atoms with E-state index < -0.39 is 12.7 Å². The molecule has 0 unspecified atom stereocenters. The van der Waals surface area contributed by atoms with Gasteiger partial charge in [0, 0.05) is 19.0 Å². The Balaban J connectivity index is 1.60. The van der Waals surface area contributed by atoms with Crippen molar-refractivity contribution in [3.05, 3.63) is 0 Å². The topological polar surface area (TPSA) is 35.6 Å². The number of rotatable bonds is 5. The maximum absolute atomic E-state index is 12.3. The second-order valence-corrected chi connectivity index (χ2v) is 6.36. The second kappa shape index (κ2) is 8.15. The molecule has 2 fully saturated rings. The average molecular weight is 321 g/mol. The molecule has 2 aliphatic rings. The van der Waals surface area contributed by atoms with Crippen molar-refractivity contribution in [3.63, 3.8) is 0 Å². The maximum atomic E-state index is 12.3. The highest BCUT2D eigenvalue weighted by atomic mass is 19.4. The van der Waals surface area contributed by atoms with E-state index in [1.807, 2.05) is 0 Å². The number of alkyl halides is 3. The number of hydrogen-bond donors (Lipinski definition) is 1. The van der Waals surface area contributed by atoms with E-state index in [4.69, 9.17) is 0 Å². The summed E-state index contributed by atoms with van der Waals surface area (Å²) < 4.78 is 36.9. The number of nitrogens with zero attached hydrogens (tertiary/aromatic N) is 2. The predicted molar refractivity (Wildman–Crippen MR) is 78.5 cm³/mol. The van der Waals surface area contributed by atoms with Crippen LogP contribution in [-0.4, -0.2) is 67.7 Å². The van der Waals surface area contributed by atoms with Crippen LogP contribution in [-0.2, 0) is 4.79 Å². The third kappa shape index (κ3) is 6.12. The molecule has 2 rings (SSSR count). The molecular formula is C15H26F3N3O. The third-order valence-corrected chi connectivity index (χ3v) is 4.54. The largest absolute Gasteiger partial charge is 0.401 e. The summed E-state index contributed by atoms with van der Waals surface area (Å²) in [5.74, 6) is -0.130. The van der Waals surface area contributed by atoms with Gasteiger partial charge in [0.05, 0.1) is 6.54 Å². The van der Waals surface area contributed by atoms with E-state index in [-0.39, 0.29) is 11.8 Å². The lowest BCUT2D eigenvalue weighted by Gasteiger charge is -2.32. The third-order valence-electron chi connectivity index (χ3n) is 4.54. The van der Waals surface area contributed by atoms with E-state index in [0.29, 0.717) is 32.5 Å². The molecule has 7 heteroatoms. The van der Waals surface area contributed by atoms with Crippen molar-refractivity contribution in [3.8, 4) is 0 Å². The summed E-state index contributed by atoms with van der Waals surface area (Å²) in [5, 5.41) is 2.94. The molecule has 22 heavy (non-hydrogen) atoms. The van der Waals surface area contributed by atoms with Crippen LogP contribution < -0.4 is 5.32 Å². The molecule has 4 nitrogen and oxygen atoms in total. The number of carbonyl (C=O) groups is 1. The fraction of sp³-hybridized carbons (Fsp3) is 0.933. The molecule has 2 aliphatic heterocycles. The van der Waals surface area contributed by atoms with Crippen LogP contribution in [0.5, 0.6) is 0 Å². The van der Waals surface area contributed by atoms with Gasteiger partial charge in [-0.2, -0.15) is 13.2 Å². The zero-order valence-corrected chi connectivity index (χ0v) is 13.0. The molecule has 0 saturated carbocycles. The van der Waals surface area contributed by atoms with Crippen molar-refractivity contribution in [2.24, 2.45) is 5.92 Å². The Morgan fingerprint density at radius 3 is 2.23 bits per heavy atom. The normalized spacial score (nSPS) is 22.7. The van der Waals surface area contributed by atoms with Gasteiger partial charge in [-0.1, -0.05) is 6.42 Å². The minimum absolute atomic E-state index is 0.00340. The van der Waals surface area contributed by atoms with E-state index in [2.05, 4.69) is 10.2 Å². The first-order chi connectivity index (χ1) is 10.4. The number of hydrogen-bond acceptors (Lipinski definition) is 3. The standard InChI is InChI=1S/C15H26F3N3O/c16-15(17,18)12-21-9-4-13(5-10-21)14(22)19-6-11-20-7-2-1-3-8-20/h13H,1-12H2,(H,19,22). The number of piperidine rings is 2. The van der Waals surface area contributed by atoms with E-state index >= 15 is 0 Å². The van der Waals surface area contributed by atoms with Crippen LogP contribution >= 0.6 is 0 Å². The van der Waals surface area contributed by atoms with Gasteiger partial charge in [-0.25, -0.2) is 0 Å². The van der Waals surface area contributed by atoms with Crippen LogP contribution in [0.2, 0.25) is 0 Å². The summed E-state index contributed by atoms with van der Waals surface area (Å²) in [6, 6.07) is 0. The minimum Gasteiger partial charge on any atom is -0.355 e. The molecular weight excluding hydrogens is 295 g/mol. The monoisotopic (exact) mass is 321 g/mol. The zero-order chi connectivity index (χ0) is 16.0. The highest BCUT2D eigenvalue weighted by Crippen LogP contribution is 2.22. The van der Waals surface area contributed by atoms with Crippen molar-refractivity contribution in [1.82, 2.24) is 15.1 Å². The lowest BCUT2D eigenvalue weighted by molar-refractivity contribution is -0.149. The summed E-state index contributed by atoms with van der Waals surface area (Å²) in [6.07, 6.45) is 0.636. The number of amides is 1. The van der Waals surface area contributed by atoms with Crippen LogP contribution in [0.1, 0.15) is 32.1 Å². The number of halogens is 3. The fourth-order valence-corrected chi connectivity index (χ4v) is 3.27. The first-order valence-corrected chi connectivity index (χ1v) is 8.23. The molecule has 0 aromatic carbocycles. The van der Waals surface area contributed by atoms with Gasteiger partial charge in [0.15, 0.2) is 0 Å². The van der Waals surface area contributed by atoms with Crippen LogP contribution in [0.4, 0.5) is 13.2 Å². The fourth-order valence-electron chi connectivity index (χ4n) is 3.27. The van der Waals surface area contributed by atoms with Crippen molar-refractivity contribution >= 4 is 5.91 Å². The molecule has 0 spiro atoms. The summed E-state index contributed by atoms with van der Waals surface area (Å²) >= 11 is 0. The van der Waals surface area contributed by atoms with Crippen LogP contribution in [0.25, 0.3) is 0 Å². The second-order valence-electron chi connectivity index (χ2n) is 6.36. The molecule has 2 saturated heterocycles. The molecule has 0 aliphatic carbocycles. The Labute approximate surface area is 130 Å². The highest BCUT2D eigenvalue weighted by Gasteiger charge is 2.33.